The summed E-state index contributed by atoms with van der Waals surface area (Å²) in [7, 11) is 0. The summed E-state index contributed by atoms with van der Waals surface area (Å²) in [4.78, 5) is 18.6. The van der Waals surface area contributed by atoms with E-state index < -0.39 is 0 Å². The summed E-state index contributed by atoms with van der Waals surface area (Å²) in [6.07, 6.45) is 1.96. The summed E-state index contributed by atoms with van der Waals surface area (Å²) >= 11 is 0. The number of rotatable bonds is 4. The molecule has 1 fully saturated rings. The average molecular weight is 323 g/mol. The fourth-order valence-corrected chi connectivity index (χ4v) is 2.99. The Morgan fingerprint density at radius 1 is 1.25 bits per heavy atom. The molecule has 1 saturated heterocycles. The molecule has 24 heavy (non-hydrogen) atoms. The quantitative estimate of drug-likeness (QED) is 0.737. The molecular weight excluding hydrogens is 306 g/mol. The molecule has 0 bridgehead atoms. The molecule has 3 heterocycles. The third kappa shape index (κ3) is 2.71. The number of hydrogen-bond acceptors (Lipinski definition) is 5. The zero-order valence-corrected chi connectivity index (χ0v) is 13.3. The van der Waals surface area contributed by atoms with E-state index in [-0.39, 0.29) is 11.8 Å². The molecule has 1 atom stereocenters. The Labute approximate surface area is 139 Å². The normalized spacial score (nSPS) is 17.6. The second-order valence-corrected chi connectivity index (χ2v) is 6.04. The number of carbonyl (C=O) groups excluding carboxylic acids is 1. The highest BCUT2D eigenvalue weighted by molar-refractivity contribution is 5.79. The lowest BCUT2D eigenvalue weighted by molar-refractivity contribution is -0.128. The summed E-state index contributed by atoms with van der Waals surface area (Å²) in [5.74, 6) is 1.51. The second kappa shape index (κ2) is 5.96. The summed E-state index contributed by atoms with van der Waals surface area (Å²) in [5, 5.41) is 4.02. The first-order chi connectivity index (χ1) is 11.7. The first kappa shape index (κ1) is 14.7. The third-order valence-electron chi connectivity index (χ3n) is 4.38. The van der Waals surface area contributed by atoms with E-state index in [1.807, 2.05) is 17.0 Å². The van der Waals surface area contributed by atoms with Gasteiger partial charge in [-0.1, -0.05) is 29.4 Å². The molecule has 0 aliphatic carbocycles. The summed E-state index contributed by atoms with van der Waals surface area (Å²) in [6.45, 7) is 3.28. The van der Waals surface area contributed by atoms with Gasteiger partial charge >= 0.3 is 0 Å². The van der Waals surface area contributed by atoms with Crippen molar-refractivity contribution in [1.29, 1.82) is 0 Å². The number of amides is 1. The van der Waals surface area contributed by atoms with Gasteiger partial charge in [0.15, 0.2) is 11.6 Å². The summed E-state index contributed by atoms with van der Waals surface area (Å²) < 4.78 is 10.5. The fourth-order valence-electron chi connectivity index (χ4n) is 2.99. The van der Waals surface area contributed by atoms with E-state index in [2.05, 4.69) is 29.2 Å². The van der Waals surface area contributed by atoms with Crippen LogP contribution in [0.2, 0.25) is 0 Å². The van der Waals surface area contributed by atoms with E-state index in [4.69, 9.17) is 8.94 Å². The highest BCUT2D eigenvalue weighted by atomic mass is 16.5. The Hall–Kier alpha value is -2.89. The molecule has 0 N–H and O–H groups in total. The van der Waals surface area contributed by atoms with Gasteiger partial charge in [0, 0.05) is 25.4 Å². The van der Waals surface area contributed by atoms with E-state index >= 15 is 0 Å². The van der Waals surface area contributed by atoms with Crippen molar-refractivity contribution >= 4 is 5.91 Å². The van der Waals surface area contributed by atoms with Gasteiger partial charge in [0.2, 0.25) is 5.91 Å². The first-order valence-corrected chi connectivity index (χ1v) is 7.90. The van der Waals surface area contributed by atoms with Crippen molar-refractivity contribution in [1.82, 2.24) is 15.0 Å². The van der Waals surface area contributed by atoms with Gasteiger partial charge in [-0.05, 0) is 30.2 Å². The number of hydrogen-bond donors (Lipinski definition) is 0. The van der Waals surface area contributed by atoms with Gasteiger partial charge in [-0.25, -0.2) is 0 Å². The largest absolute Gasteiger partial charge is 0.459 e. The number of furan rings is 1. The fraction of sp³-hybridized carbons (Fsp3) is 0.278. The minimum atomic E-state index is -0.0472. The van der Waals surface area contributed by atoms with Crippen LogP contribution in [0.3, 0.4) is 0 Å². The smallest absolute Gasteiger partial charge is 0.293 e. The molecule has 4 rings (SSSR count). The van der Waals surface area contributed by atoms with Gasteiger partial charge in [-0.2, -0.15) is 4.98 Å². The number of nitrogens with zero attached hydrogens (tertiary/aromatic N) is 3. The Kier molecular flexibility index (Phi) is 3.65. The predicted octanol–water partition coefficient (Wildman–Crippen LogP) is 3.15. The molecule has 3 aromatic rings. The lowest BCUT2D eigenvalue weighted by Gasteiger charge is -2.17. The van der Waals surface area contributed by atoms with Crippen LogP contribution in [0.25, 0.3) is 11.7 Å². The van der Waals surface area contributed by atoms with E-state index in [0.29, 0.717) is 37.0 Å². The zero-order chi connectivity index (χ0) is 16.5. The van der Waals surface area contributed by atoms with Gasteiger partial charge < -0.3 is 13.8 Å². The Bertz CT molecular complexity index is 854. The number of aromatic nitrogens is 2. The molecule has 1 amide bonds. The minimum Gasteiger partial charge on any atom is -0.459 e. The van der Waals surface area contributed by atoms with E-state index in [0.717, 1.165) is 5.56 Å². The Morgan fingerprint density at radius 3 is 2.92 bits per heavy atom. The standard InChI is InChI=1S/C18H17N3O3/c1-12-5-2-3-6-13(12)10-21-11-14(9-16(21)22)17-19-18(24-20-17)15-7-4-8-23-15/h2-8,14H,9-11H2,1H3/t14-/m1/s1. The van der Waals surface area contributed by atoms with Gasteiger partial charge in [-0.15, -0.1) is 0 Å². The summed E-state index contributed by atoms with van der Waals surface area (Å²) in [5.41, 5.74) is 2.35. The molecule has 0 spiro atoms. The Balaban J connectivity index is 1.49. The molecule has 2 aromatic heterocycles. The van der Waals surface area contributed by atoms with Crippen LogP contribution in [0.5, 0.6) is 0 Å². The molecule has 1 aromatic carbocycles. The van der Waals surface area contributed by atoms with Crippen molar-refractivity contribution in [2.45, 2.75) is 25.8 Å². The number of aryl methyl sites for hydroxylation is 1. The average Bonchev–Trinajstić information content (AvgIpc) is 3.30. The van der Waals surface area contributed by atoms with Gasteiger partial charge in [-0.3, -0.25) is 4.79 Å². The van der Waals surface area contributed by atoms with E-state index in [9.17, 15) is 4.79 Å². The maximum absolute atomic E-state index is 12.3. The van der Waals surface area contributed by atoms with Crippen molar-refractivity contribution in [3.8, 4) is 11.7 Å². The van der Waals surface area contributed by atoms with Gasteiger partial charge in [0.1, 0.15) is 0 Å². The molecule has 0 unspecified atom stereocenters. The maximum Gasteiger partial charge on any atom is 0.293 e. The van der Waals surface area contributed by atoms with Gasteiger partial charge in [0.05, 0.1) is 6.26 Å². The van der Waals surface area contributed by atoms with Crippen LogP contribution in [0.1, 0.15) is 29.3 Å². The number of likely N-dealkylation sites (tertiary alicyclic amines) is 1. The van der Waals surface area contributed by atoms with Crippen LogP contribution < -0.4 is 0 Å². The predicted molar refractivity (Wildman–Crippen MR) is 86.0 cm³/mol. The van der Waals surface area contributed by atoms with E-state index in [1.54, 1.807) is 18.4 Å². The van der Waals surface area contributed by atoms with Crippen molar-refractivity contribution < 1.29 is 13.7 Å². The molecule has 0 radical (unpaired) electrons. The van der Waals surface area contributed by atoms with Crippen LogP contribution in [-0.4, -0.2) is 27.5 Å². The highest BCUT2D eigenvalue weighted by Gasteiger charge is 2.34. The van der Waals surface area contributed by atoms with Crippen LogP contribution in [-0.2, 0) is 11.3 Å². The molecular formula is C18H17N3O3. The van der Waals surface area contributed by atoms with Crippen LogP contribution in [0.4, 0.5) is 0 Å². The molecule has 0 saturated carbocycles. The minimum absolute atomic E-state index is 0.0472. The van der Waals surface area contributed by atoms with Crippen LogP contribution >= 0.6 is 0 Å². The van der Waals surface area contributed by atoms with Crippen molar-refractivity contribution in [3.63, 3.8) is 0 Å². The summed E-state index contributed by atoms with van der Waals surface area (Å²) in [6, 6.07) is 11.6. The monoisotopic (exact) mass is 323 g/mol. The molecule has 6 heteroatoms. The highest BCUT2D eigenvalue weighted by Crippen LogP contribution is 2.29. The maximum atomic E-state index is 12.3. The SMILES string of the molecule is Cc1ccccc1CN1C[C@H](c2noc(-c3ccco3)n2)CC1=O. The van der Waals surface area contributed by atoms with Crippen molar-refractivity contribution in [3.05, 3.63) is 59.6 Å². The third-order valence-corrected chi connectivity index (χ3v) is 4.38. The molecule has 1 aliphatic rings. The zero-order valence-electron chi connectivity index (χ0n) is 13.3. The topological polar surface area (TPSA) is 72.4 Å². The van der Waals surface area contributed by atoms with Crippen LogP contribution in [0, 0.1) is 6.92 Å². The van der Waals surface area contributed by atoms with Crippen LogP contribution in [0.15, 0.2) is 51.6 Å². The second-order valence-electron chi connectivity index (χ2n) is 6.04. The lowest BCUT2D eigenvalue weighted by atomic mass is 10.1. The number of carbonyl (C=O) groups is 1. The number of benzene rings is 1. The lowest BCUT2D eigenvalue weighted by Crippen LogP contribution is -2.24. The first-order valence-electron chi connectivity index (χ1n) is 7.90. The van der Waals surface area contributed by atoms with Crippen molar-refractivity contribution in [2.75, 3.05) is 6.54 Å². The Morgan fingerprint density at radius 2 is 2.12 bits per heavy atom. The molecule has 122 valence electrons. The molecule has 6 nitrogen and oxygen atoms in total. The van der Waals surface area contributed by atoms with Crippen molar-refractivity contribution in [2.24, 2.45) is 0 Å². The van der Waals surface area contributed by atoms with Gasteiger partial charge in [0.25, 0.3) is 5.89 Å². The van der Waals surface area contributed by atoms with E-state index in [1.165, 1.54) is 5.56 Å². The molecule has 1 aliphatic heterocycles.